The Morgan fingerprint density at radius 2 is 2.31 bits per heavy atom. The number of hydrogen-bond donors (Lipinski definition) is 0. The van der Waals surface area contributed by atoms with Gasteiger partial charge < -0.3 is 4.74 Å². The Kier molecular flexibility index (Phi) is 3.64. The third-order valence-corrected chi connectivity index (χ3v) is 2.24. The zero-order valence-electron chi connectivity index (χ0n) is 7.28. The molecule has 0 aliphatic carbocycles. The van der Waals surface area contributed by atoms with Crippen molar-refractivity contribution in [1.29, 1.82) is 0 Å². The molecule has 3 nitrogen and oxygen atoms in total. The summed E-state index contributed by atoms with van der Waals surface area (Å²) in [4.78, 5) is 22.7. The lowest BCUT2D eigenvalue weighted by atomic mass is 10.3. The molecule has 0 radical (unpaired) electrons. The molecule has 4 heteroatoms. The van der Waals surface area contributed by atoms with Gasteiger partial charge in [-0.25, -0.2) is 4.79 Å². The molecule has 0 aliphatic heterocycles. The maximum absolute atomic E-state index is 11.2. The van der Waals surface area contributed by atoms with Gasteiger partial charge in [0.1, 0.15) is 0 Å². The van der Waals surface area contributed by atoms with E-state index in [0.717, 1.165) is 6.42 Å². The molecule has 1 aromatic heterocycles. The van der Waals surface area contributed by atoms with Gasteiger partial charge in [-0.2, -0.15) is 0 Å². The van der Waals surface area contributed by atoms with Gasteiger partial charge >= 0.3 is 5.97 Å². The highest BCUT2D eigenvalue weighted by Gasteiger charge is 2.17. The van der Waals surface area contributed by atoms with Crippen molar-refractivity contribution in [3.63, 3.8) is 0 Å². The summed E-state index contributed by atoms with van der Waals surface area (Å²) in [5, 5.41) is 1.75. The fraction of sp³-hybridized carbons (Fsp3) is 0.333. The molecule has 0 saturated heterocycles. The van der Waals surface area contributed by atoms with E-state index >= 15 is 0 Å². The number of carbonyl (C=O) groups is 2. The van der Waals surface area contributed by atoms with Crippen LogP contribution in [0.2, 0.25) is 0 Å². The van der Waals surface area contributed by atoms with Crippen LogP contribution in [0, 0.1) is 0 Å². The molecule has 0 spiro atoms. The van der Waals surface area contributed by atoms with E-state index in [9.17, 15) is 9.59 Å². The zero-order valence-corrected chi connectivity index (χ0v) is 8.10. The van der Waals surface area contributed by atoms with Crippen molar-refractivity contribution in [2.45, 2.75) is 13.3 Å². The molecule has 0 aliphatic rings. The van der Waals surface area contributed by atoms with E-state index in [1.54, 1.807) is 17.5 Å². The smallest absolute Gasteiger partial charge is 0.380 e. The summed E-state index contributed by atoms with van der Waals surface area (Å²) in [7, 11) is 0. The Labute approximate surface area is 80.3 Å². The predicted molar refractivity (Wildman–Crippen MR) is 49.9 cm³/mol. The third-order valence-electron chi connectivity index (χ3n) is 1.37. The first kappa shape index (κ1) is 9.92. The van der Waals surface area contributed by atoms with Crippen LogP contribution in [0.1, 0.15) is 23.0 Å². The quantitative estimate of drug-likeness (QED) is 0.421. The number of thiophene rings is 1. The van der Waals surface area contributed by atoms with Gasteiger partial charge in [-0.3, -0.25) is 4.79 Å². The molecule has 0 atom stereocenters. The van der Waals surface area contributed by atoms with Crippen molar-refractivity contribution in [2.75, 3.05) is 6.61 Å². The minimum absolute atomic E-state index is 0.302. The lowest BCUT2D eigenvalue weighted by Crippen LogP contribution is -2.16. The Balaban J connectivity index is 2.53. The second kappa shape index (κ2) is 4.77. The van der Waals surface area contributed by atoms with Crippen LogP contribution in [-0.2, 0) is 9.53 Å². The molecule has 0 fully saturated rings. The Hall–Kier alpha value is -1.16. The van der Waals surface area contributed by atoms with Crippen LogP contribution in [0.15, 0.2) is 17.5 Å². The van der Waals surface area contributed by atoms with Gasteiger partial charge in [-0.05, 0) is 17.9 Å². The van der Waals surface area contributed by atoms with E-state index < -0.39 is 11.8 Å². The number of hydrogen-bond acceptors (Lipinski definition) is 4. The fourth-order valence-corrected chi connectivity index (χ4v) is 1.42. The van der Waals surface area contributed by atoms with Crippen molar-refractivity contribution in [3.8, 4) is 0 Å². The van der Waals surface area contributed by atoms with E-state index in [4.69, 9.17) is 4.74 Å². The molecule has 1 rings (SSSR count). The van der Waals surface area contributed by atoms with Crippen LogP contribution in [0.3, 0.4) is 0 Å². The molecule has 13 heavy (non-hydrogen) atoms. The van der Waals surface area contributed by atoms with E-state index in [-0.39, 0.29) is 0 Å². The standard InChI is InChI=1S/C9H10O3S/c1-2-5-12-9(11)8(10)7-4-3-6-13-7/h3-4,6H,2,5H2,1H3. The van der Waals surface area contributed by atoms with Crippen molar-refractivity contribution in [3.05, 3.63) is 22.4 Å². The largest absolute Gasteiger partial charge is 0.460 e. The third kappa shape index (κ3) is 2.66. The van der Waals surface area contributed by atoms with Gasteiger partial charge in [0.15, 0.2) is 0 Å². The normalized spacial score (nSPS) is 9.62. The average Bonchev–Trinajstić information content (AvgIpc) is 2.65. The van der Waals surface area contributed by atoms with Crippen LogP contribution in [0.25, 0.3) is 0 Å². The monoisotopic (exact) mass is 198 g/mol. The first-order chi connectivity index (χ1) is 6.25. The van der Waals surface area contributed by atoms with Crippen LogP contribution in [0.4, 0.5) is 0 Å². The van der Waals surface area contributed by atoms with Crippen LogP contribution < -0.4 is 0 Å². The summed E-state index contributed by atoms with van der Waals surface area (Å²) in [5.41, 5.74) is 0. The van der Waals surface area contributed by atoms with E-state index in [1.165, 1.54) is 11.3 Å². The number of rotatable bonds is 4. The van der Waals surface area contributed by atoms with E-state index in [0.29, 0.717) is 11.5 Å². The maximum atomic E-state index is 11.2. The summed E-state index contributed by atoms with van der Waals surface area (Å²) in [5.74, 6) is -1.31. The second-order valence-electron chi connectivity index (χ2n) is 2.44. The van der Waals surface area contributed by atoms with Crippen LogP contribution in [0.5, 0.6) is 0 Å². The van der Waals surface area contributed by atoms with Gasteiger partial charge in [-0.15, -0.1) is 11.3 Å². The van der Waals surface area contributed by atoms with Gasteiger partial charge in [0.25, 0.3) is 5.78 Å². The molecule has 1 heterocycles. The molecular formula is C9H10O3S. The van der Waals surface area contributed by atoms with Gasteiger partial charge in [0.05, 0.1) is 11.5 Å². The first-order valence-electron chi connectivity index (χ1n) is 4.00. The van der Waals surface area contributed by atoms with Crippen molar-refractivity contribution < 1.29 is 14.3 Å². The minimum atomic E-state index is -0.760. The predicted octanol–water partition coefficient (Wildman–Crippen LogP) is 1.88. The lowest BCUT2D eigenvalue weighted by Gasteiger charge is -1.99. The lowest BCUT2D eigenvalue weighted by molar-refractivity contribution is -0.138. The van der Waals surface area contributed by atoms with Gasteiger partial charge in [0, 0.05) is 0 Å². The average molecular weight is 198 g/mol. The molecule has 1 aromatic rings. The maximum Gasteiger partial charge on any atom is 0.380 e. The Morgan fingerprint density at radius 1 is 1.54 bits per heavy atom. The SMILES string of the molecule is CCCOC(=O)C(=O)c1cccs1. The second-order valence-corrected chi connectivity index (χ2v) is 3.39. The Bertz CT molecular complexity index is 290. The highest BCUT2D eigenvalue weighted by Crippen LogP contribution is 2.09. The molecule has 0 saturated carbocycles. The highest BCUT2D eigenvalue weighted by atomic mass is 32.1. The van der Waals surface area contributed by atoms with Crippen LogP contribution >= 0.6 is 11.3 Å². The molecule has 0 unspecified atom stereocenters. The molecule has 0 aromatic carbocycles. The molecule has 0 N–H and O–H groups in total. The molecular weight excluding hydrogens is 188 g/mol. The number of ketones is 1. The Morgan fingerprint density at radius 3 is 2.85 bits per heavy atom. The molecule has 0 amide bonds. The number of Topliss-reactive ketones (excluding diaryl/α,β-unsaturated/α-hetero) is 1. The number of carbonyl (C=O) groups excluding carboxylic acids is 2. The summed E-state index contributed by atoms with van der Waals surface area (Å²) < 4.78 is 4.69. The summed E-state index contributed by atoms with van der Waals surface area (Å²) >= 11 is 1.24. The van der Waals surface area contributed by atoms with E-state index in [2.05, 4.69) is 0 Å². The van der Waals surface area contributed by atoms with Crippen molar-refractivity contribution in [2.24, 2.45) is 0 Å². The van der Waals surface area contributed by atoms with Crippen molar-refractivity contribution in [1.82, 2.24) is 0 Å². The number of ether oxygens (including phenoxy) is 1. The van der Waals surface area contributed by atoms with Gasteiger partial charge in [0.2, 0.25) is 0 Å². The molecule has 0 bridgehead atoms. The molecule has 70 valence electrons. The minimum Gasteiger partial charge on any atom is -0.460 e. The fourth-order valence-electron chi connectivity index (χ4n) is 0.769. The van der Waals surface area contributed by atoms with Gasteiger partial charge in [-0.1, -0.05) is 13.0 Å². The first-order valence-corrected chi connectivity index (χ1v) is 4.88. The van der Waals surface area contributed by atoms with Crippen molar-refractivity contribution >= 4 is 23.1 Å². The van der Waals surface area contributed by atoms with Crippen LogP contribution in [-0.4, -0.2) is 18.4 Å². The zero-order chi connectivity index (χ0) is 9.68. The summed E-state index contributed by atoms with van der Waals surface area (Å²) in [6.07, 6.45) is 0.726. The number of esters is 1. The topological polar surface area (TPSA) is 43.4 Å². The summed E-state index contributed by atoms with van der Waals surface area (Å²) in [6.45, 7) is 2.18. The van der Waals surface area contributed by atoms with E-state index in [1.807, 2.05) is 6.92 Å². The summed E-state index contributed by atoms with van der Waals surface area (Å²) in [6, 6.07) is 3.34. The highest BCUT2D eigenvalue weighted by molar-refractivity contribution is 7.12.